The van der Waals surface area contributed by atoms with Crippen molar-refractivity contribution in [3.8, 4) is 0 Å². The lowest BCUT2D eigenvalue weighted by Crippen LogP contribution is -2.36. The first-order chi connectivity index (χ1) is 7.28. The Hall–Kier alpha value is -0.980. The number of hydrogen-bond donors (Lipinski definition) is 2. The van der Waals surface area contributed by atoms with Crippen LogP contribution in [0.4, 0.5) is 13.2 Å². The first-order valence-electron chi connectivity index (χ1n) is 4.49. The largest absolute Gasteiger partial charge is 0.391 e. The normalized spacial score (nSPS) is 13.6. The highest BCUT2D eigenvalue weighted by atomic mass is 79.9. The van der Waals surface area contributed by atoms with Crippen LogP contribution < -0.4 is 5.32 Å². The van der Waals surface area contributed by atoms with Gasteiger partial charge in [-0.25, -0.2) is 0 Å². The van der Waals surface area contributed by atoms with Gasteiger partial charge >= 0.3 is 6.18 Å². The van der Waals surface area contributed by atoms with Crippen LogP contribution in [0.3, 0.4) is 0 Å². The minimum absolute atomic E-state index is 0.223. The molecule has 16 heavy (non-hydrogen) atoms. The minimum atomic E-state index is -4.27. The van der Waals surface area contributed by atoms with Gasteiger partial charge in [0.2, 0.25) is 0 Å². The van der Waals surface area contributed by atoms with Crippen molar-refractivity contribution in [2.45, 2.75) is 25.6 Å². The van der Waals surface area contributed by atoms with Crippen LogP contribution in [0.5, 0.6) is 0 Å². The molecule has 0 aliphatic carbocycles. The number of carbonyl (C=O) groups is 1. The molecular formula is C9H10BrF3N2O. The maximum absolute atomic E-state index is 12.0. The third kappa shape index (κ3) is 4.26. The van der Waals surface area contributed by atoms with Crippen molar-refractivity contribution in [2.75, 3.05) is 0 Å². The summed E-state index contributed by atoms with van der Waals surface area (Å²) in [7, 11) is 0. The zero-order chi connectivity index (χ0) is 12.3. The van der Waals surface area contributed by atoms with Crippen molar-refractivity contribution in [2.24, 2.45) is 0 Å². The number of H-pyrrole nitrogens is 1. The Kier molecular flexibility index (Phi) is 4.01. The number of aromatic amines is 1. The molecule has 90 valence electrons. The average Bonchev–Trinajstić information content (AvgIpc) is 2.47. The highest BCUT2D eigenvalue weighted by Crippen LogP contribution is 2.21. The summed E-state index contributed by atoms with van der Waals surface area (Å²) in [6, 6.07) is 0.546. The molecule has 0 aromatic carbocycles. The quantitative estimate of drug-likeness (QED) is 0.885. The number of aromatic nitrogens is 1. The molecule has 1 heterocycles. The van der Waals surface area contributed by atoms with E-state index in [1.54, 1.807) is 0 Å². The van der Waals surface area contributed by atoms with Gasteiger partial charge in [-0.15, -0.1) is 0 Å². The predicted octanol–water partition coefficient (Wildman–Crippen LogP) is 2.85. The molecule has 1 amide bonds. The average molecular weight is 299 g/mol. The lowest BCUT2D eigenvalue weighted by molar-refractivity contribution is -0.138. The van der Waals surface area contributed by atoms with E-state index in [-0.39, 0.29) is 5.69 Å². The van der Waals surface area contributed by atoms with Crippen LogP contribution in [0.25, 0.3) is 0 Å². The summed E-state index contributed by atoms with van der Waals surface area (Å²) in [6.07, 6.45) is -3.78. The van der Waals surface area contributed by atoms with Crippen molar-refractivity contribution in [1.29, 1.82) is 0 Å². The van der Waals surface area contributed by atoms with Gasteiger partial charge in [0.1, 0.15) is 5.69 Å². The van der Waals surface area contributed by atoms with Gasteiger partial charge < -0.3 is 10.3 Å². The molecule has 0 spiro atoms. The smallest absolute Gasteiger partial charge is 0.356 e. The van der Waals surface area contributed by atoms with Crippen LogP contribution in [0, 0.1) is 0 Å². The molecule has 0 bridgehead atoms. The highest BCUT2D eigenvalue weighted by molar-refractivity contribution is 9.10. The van der Waals surface area contributed by atoms with Crippen LogP contribution in [-0.2, 0) is 0 Å². The first kappa shape index (κ1) is 13.1. The first-order valence-corrected chi connectivity index (χ1v) is 5.29. The Morgan fingerprint density at radius 2 is 2.25 bits per heavy atom. The fraction of sp³-hybridized carbons (Fsp3) is 0.444. The van der Waals surface area contributed by atoms with Gasteiger partial charge in [-0.2, -0.15) is 13.2 Å². The Bertz CT molecular complexity index is 375. The minimum Gasteiger partial charge on any atom is -0.356 e. The molecule has 0 saturated carbocycles. The van der Waals surface area contributed by atoms with E-state index in [9.17, 15) is 18.0 Å². The molecule has 1 unspecified atom stereocenters. The van der Waals surface area contributed by atoms with E-state index >= 15 is 0 Å². The Balaban J connectivity index is 2.52. The summed E-state index contributed by atoms with van der Waals surface area (Å²) in [4.78, 5) is 14.1. The van der Waals surface area contributed by atoms with Crippen LogP contribution in [0.1, 0.15) is 23.8 Å². The number of carbonyl (C=O) groups excluding carboxylic acids is 1. The molecule has 2 N–H and O–H groups in total. The molecular weight excluding hydrogens is 289 g/mol. The van der Waals surface area contributed by atoms with Gasteiger partial charge in [-0.05, 0) is 28.9 Å². The fourth-order valence-corrected chi connectivity index (χ4v) is 1.54. The van der Waals surface area contributed by atoms with Gasteiger partial charge in [-0.1, -0.05) is 0 Å². The van der Waals surface area contributed by atoms with E-state index in [0.717, 1.165) is 0 Å². The maximum atomic E-state index is 12.0. The van der Waals surface area contributed by atoms with Gasteiger partial charge in [0.15, 0.2) is 0 Å². The van der Waals surface area contributed by atoms with Crippen LogP contribution in [-0.4, -0.2) is 23.1 Å². The van der Waals surface area contributed by atoms with Crippen LogP contribution >= 0.6 is 15.9 Å². The van der Waals surface area contributed by atoms with Gasteiger partial charge in [-0.3, -0.25) is 4.79 Å². The van der Waals surface area contributed by atoms with Crippen molar-refractivity contribution in [3.05, 3.63) is 22.4 Å². The van der Waals surface area contributed by atoms with Crippen molar-refractivity contribution < 1.29 is 18.0 Å². The Morgan fingerprint density at radius 3 is 2.69 bits per heavy atom. The highest BCUT2D eigenvalue weighted by Gasteiger charge is 2.30. The number of alkyl halides is 3. The molecule has 7 heteroatoms. The molecule has 1 aromatic heterocycles. The molecule has 0 aliphatic rings. The molecule has 0 radical (unpaired) electrons. The number of rotatable bonds is 3. The third-order valence-corrected chi connectivity index (χ3v) is 2.27. The summed E-state index contributed by atoms with van der Waals surface area (Å²) >= 11 is 3.12. The SMILES string of the molecule is CC(CC(F)(F)F)NC(=O)c1cc(Br)c[nH]1. The summed E-state index contributed by atoms with van der Waals surface area (Å²) in [5.74, 6) is -0.553. The zero-order valence-corrected chi connectivity index (χ0v) is 9.95. The second-order valence-electron chi connectivity index (χ2n) is 3.43. The van der Waals surface area contributed by atoms with Gasteiger partial charge in [0.05, 0.1) is 6.42 Å². The second-order valence-corrected chi connectivity index (χ2v) is 4.34. The molecule has 1 rings (SSSR count). The van der Waals surface area contributed by atoms with Crippen molar-refractivity contribution in [3.63, 3.8) is 0 Å². The summed E-state index contributed by atoms with van der Waals surface area (Å²) in [5, 5.41) is 2.26. The topological polar surface area (TPSA) is 44.9 Å². The zero-order valence-electron chi connectivity index (χ0n) is 8.36. The van der Waals surface area contributed by atoms with E-state index in [1.165, 1.54) is 19.2 Å². The number of amides is 1. The van der Waals surface area contributed by atoms with E-state index in [4.69, 9.17) is 0 Å². The van der Waals surface area contributed by atoms with E-state index in [2.05, 4.69) is 26.2 Å². The molecule has 0 saturated heterocycles. The molecule has 3 nitrogen and oxygen atoms in total. The van der Waals surface area contributed by atoms with Gasteiger partial charge in [0.25, 0.3) is 5.91 Å². The number of nitrogens with one attached hydrogen (secondary N) is 2. The molecule has 1 atom stereocenters. The fourth-order valence-electron chi connectivity index (χ4n) is 1.20. The third-order valence-electron chi connectivity index (χ3n) is 1.81. The van der Waals surface area contributed by atoms with E-state index in [0.29, 0.717) is 4.47 Å². The number of hydrogen-bond acceptors (Lipinski definition) is 1. The standard InChI is InChI=1S/C9H10BrF3N2O/c1-5(3-9(11,12)13)15-8(16)7-2-6(10)4-14-7/h2,4-5,14H,3H2,1H3,(H,15,16). The molecule has 1 aromatic rings. The predicted molar refractivity (Wildman–Crippen MR) is 56.1 cm³/mol. The summed E-state index contributed by atoms with van der Waals surface area (Å²) in [6.45, 7) is 1.31. The summed E-state index contributed by atoms with van der Waals surface area (Å²) < 4.78 is 36.7. The Morgan fingerprint density at radius 1 is 1.62 bits per heavy atom. The van der Waals surface area contributed by atoms with E-state index < -0.39 is 24.5 Å². The van der Waals surface area contributed by atoms with Crippen LogP contribution in [0.15, 0.2) is 16.7 Å². The lowest BCUT2D eigenvalue weighted by Gasteiger charge is -2.15. The van der Waals surface area contributed by atoms with Crippen LogP contribution in [0.2, 0.25) is 0 Å². The summed E-state index contributed by atoms with van der Waals surface area (Å²) in [5.41, 5.74) is 0.223. The van der Waals surface area contributed by atoms with Crippen molar-refractivity contribution in [1.82, 2.24) is 10.3 Å². The lowest BCUT2D eigenvalue weighted by atomic mass is 10.2. The van der Waals surface area contributed by atoms with Gasteiger partial charge in [0, 0.05) is 16.7 Å². The molecule has 0 aliphatic heterocycles. The number of halogens is 4. The van der Waals surface area contributed by atoms with E-state index in [1.807, 2.05) is 0 Å². The monoisotopic (exact) mass is 298 g/mol. The second kappa shape index (κ2) is 4.90. The maximum Gasteiger partial charge on any atom is 0.391 e. The van der Waals surface area contributed by atoms with Crippen molar-refractivity contribution >= 4 is 21.8 Å². The Labute approximate surface area is 98.5 Å². The molecule has 0 fully saturated rings.